The third-order valence-corrected chi connectivity index (χ3v) is 6.60. The molecule has 0 aliphatic carbocycles. The summed E-state index contributed by atoms with van der Waals surface area (Å²) in [6.07, 6.45) is -0.608. The Morgan fingerprint density at radius 2 is 1.92 bits per heavy atom. The summed E-state index contributed by atoms with van der Waals surface area (Å²) in [5.74, 6) is 1.41. The van der Waals surface area contributed by atoms with Crippen molar-refractivity contribution >= 4 is 29.0 Å². The van der Waals surface area contributed by atoms with Crippen LogP contribution in [0.3, 0.4) is 0 Å². The van der Waals surface area contributed by atoms with Crippen molar-refractivity contribution in [3.05, 3.63) is 86.9 Å². The minimum Gasteiger partial charge on any atom is -0.452 e. The summed E-state index contributed by atoms with van der Waals surface area (Å²) in [6, 6.07) is 16.7. The fourth-order valence-electron chi connectivity index (χ4n) is 4.27. The van der Waals surface area contributed by atoms with E-state index in [1.807, 2.05) is 19.1 Å². The number of carbonyl (C=O) groups is 1. The van der Waals surface area contributed by atoms with Crippen LogP contribution in [-0.2, 0) is 4.79 Å². The number of furan rings is 1. The van der Waals surface area contributed by atoms with E-state index in [1.165, 1.54) is 23.9 Å². The molecule has 0 fully saturated rings. The zero-order valence-corrected chi connectivity index (χ0v) is 20.3. The highest BCUT2D eigenvalue weighted by Crippen LogP contribution is 2.39. The third kappa shape index (κ3) is 3.97. The van der Waals surface area contributed by atoms with Gasteiger partial charge < -0.3 is 4.42 Å². The van der Waals surface area contributed by atoms with Gasteiger partial charge in [0.15, 0.2) is 5.76 Å². The van der Waals surface area contributed by atoms with E-state index in [1.54, 1.807) is 52.9 Å². The van der Waals surface area contributed by atoms with Gasteiger partial charge in [-0.25, -0.2) is 4.90 Å². The second-order valence-corrected chi connectivity index (χ2v) is 9.25. The van der Waals surface area contributed by atoms with Crippen molar-refractivity contribution in [1.29, 1.82) is 0 Å². The van der Waals surface area contributed by atoms with Crippen LogP contribution < -0.4 is 15.1 Å². The number of nitro groups is 1. The first kappa shape index (κ1) is 23.5. The van der Waals surface area contributed by atoms with Crippen molar-refractivity contribution < 1.29 is 18.8 Å². The topological polar surface area (TPSA) is 126 Å². The molecule has 1 N–H and O–H groups in total. The van der Waals surface area contributed by atoms with E-state index in [4.69, 9.17) is 9.52 Å². The van der Waals surface area contributed by atoms with Crippen molar-refractivity contribution in [2.75, 3.05) is 10.7 Å². The van der Waals surface area contributed by atoms with Crippen LogP contribution in [0.5, 0.6) is 0 Å². The molecule has 1 atom stereocenters. The summed E-state index contributed by atoms with van der Waals surface area (Å²) in [6.45, 7) is 3.73. The predicted octanol–water partition coefficient (Wildman–Crippen LogP) is 4.31. The molecule has 11 heteroatoms. The largest absolute Gasteiger partial charge is 0.452 e. The number of nitrogens with one attached hydrogen (secondary N) is 1. The van der Waals surface area contributed by atoms with Gasteiger partial charge in [-0.3, -0.25) is 24.7 Å². The van der Waals surface area contributed by atoms with Crippen LogP contribution in [0, 0.1) is 10.1 Å². The minimum atomic E-state index is -0.840. The summed E-state index contributed by atoms with van der Waals surface area (Å²) >= 11 is 1.39. The molecular weight excluding hydrogens is 482 g/mol. The highest BCUT2D eigenvalue weighted by Gasteiger charge is 2.47. The number of rotatable bonds is 6. The number of fused-ring (bicyclic) bond motifs is 3. The van der Waals surface area contributed by atoms with Gasteiger partial charge in [-0.2, -0.15) is 0 Å². The average molecular weight is 505 g/mol. The van der Waals surface area contributed by atoms with Crippen molar-refractivity contribution in [2.45, 2.75) is 31.6 Å². The molecule has 0 saturated carbocycles. The molecule has 4 aromatic rings. The van der Waals surface area contributed by atoms with Crippen LogP contribution in [0.15, 0.2) is 75.0 Å². The minimum absolute atomic E-state index is 0.0250. The summed E-state index contributed by atoms with van der Waals surface area (Å²) in [5, 5.41) is 16.1. The number of aromatic amines is 1. The number of carbonyl (C=O) groups excluding carboxylic acids is 1. The van der Waals surface area contributed by atoms with Gasteiger partial charge in [0, 0.05) is 29.2 Å². The number of para-hydroxylation sites is 1. The second-order valence-electron chi connectivity index (χ2n) is 8.00. The number of nitrogens with zero attached hydrogens (tertiary/aromatic N) is 4. The molecule has 0 radical (unpaired) electrons. The predicted molar refractivity (Wildman–Crippen MR) is 134 cm³/mol. The Hall–Kier alpha value is -4.25. The first-order chi connectivity index (χ1) is 17.4. The number of aromatic nitrogens is 3. The van der Waals surface area contributed by atoms with Crippen LogP contribution in [0.4, 0.5) is 11.4 Å². The normalized spacial score (nSPS) is 14.3. The highest BCUT2D eigenvalue weighted by atomic mass is 32.2. The van der Waals surface area contributed by atoms with E-state index < -0.39 is 11.1 Å². The van der Waals surface area contributed by atoms with Crippen LogP contribution in [0.2, 0.25) is 0 Å². The third-order valence-electron chi connectivity index (χ3n) is 5.85. The van der Waals surface area contributed by atoms with E-state index in [-0.39, 0.29) is 23.6 Å². The summed E-state index contributed by atoms with van der Waals surface area (Å²) in [7, 11) is 0. The van der Waals surface area contributed by atoms with Crippen LogP contribution >= 0.6 is 11.8 Å². The van der Waals surface area contributed by atoms with Crippen LogP contribution in [-0.4, -0.2) is 26.7 Å². The van der Waals surface area contributed by atoms with Crippen LogP contribution in [0.25, 0.3) is 22.6 Å². The van der Waals surface area contributed by atoms with Gasteiger partial charge in [-0.05, 0) is 46.8 Å². The number of H-pyrrole nitrogens is 1. The molecule has 0 saturated heterocycles. The SMILES string of the molecule is CCSc1n[n+]2c(c(=O)[nH]1)-c1ccccc1N(C(=O)CC)[C@@H]2c1ccc(-c2ccc([N+](=O)[O-])cc2)o1. The van der Waals surface area contributed by atoms with E-state index in [9.17, 15) is 19.7 Å². The quantitative estimate of drug-likeness (QED) is 0.179. The number of benzene rings is 2. The molecule has 36 heavy (non-hydrogen) atoms. The molecular formula is C25H22N5O5S+. The maximum Gasteiger partial charge on any atom is 0.325 e. The molecule has 182 valence electrons. The van der Waals surface area contributed by atoms with Crippen LogP contribution in [0.1, 0.15) is 32.2 Å². The molecule has 0 spiro atoms. The highest BCUT2D eigenvalue weighted by molar-refractivity contribution is 7.99. The zero-order chi connectivity index (χ0) is 25.4. The van der Waals surface area contributed by atoms with E-state index >= 15 is 0 Å². The number of hydrogen-bond donors (Lipinski definition) is 1. The molecule has 2 aromatic heterocycles. The van der Waals surface area contributed by atoms with Gasteiger partial charge in [-0.15, -0.1) is 0 Å². The van der Waals surface area contributed by atoms with Crippen molar-refractivity contribution in [3.8, 4) is 22.6 Å². The van der Waals surface area contributed by atoms with E-state index in [2.05, 4.69) is 4.98 Å². The monoisotopic (exact) mass is 504 g/mol. The molecule has 3 heterocycles. The lowest BCUT2D eigenvalue weighted by molar-refractivity contribution is -0.764. The van der Waals surface area contributed by atoms with Gasteiger partial charge >= 0.3 is 17.4 Å². The molecule has 1 aliphatic rings. The van der Waals surface area contributed by atoms with Gasteiger partial charge in [0.05, 0.1) is 16.2 Å². The Bertz CT molecular complexity index is 1530. The molecule has 10 nitrogen and oxygen atoms in total. The Morgan fingerprint density at radius 1 is 1.17 bits per heavy atom. The molecule has 5 rings (SSSR count). The number of non-ortho nitro benzene ring substituents is 1. The number of amides is 1. The molecule has 0 bridgehead atoms. The lowest BCUT2D eigenvalue weighted by Gasteiger charge is -2.30. The van der Waals surface area contributed by atoms with Crippen molar-refractivity contribution in [3.63, 3.8) is 0 Å². The fourth-order valence-corrected chi connectivity index (χ4v) is 4.85. The summed E-state index contributed by atoms with van der Waals surface area (Å²) in [5.41, 5.74) is 1.81. The zero-order valence-electron chi connectivity index (χ0n) is 19.5. The number of anilines is 1. The van der Waals surface area contributed by atoms with Gasteiger partial charge in [0.1, 0.15) is 5.76 Å². The number of hydrogen-bond acceptors (Lipinski definition) is 7. The summed E-state index contributed by atoms with van der Waals surface area (Å²) in [4.78, 5) is 41.5. The average Bonchev–Trinajstić information content (AvgIpc) is 3.37. The molecule has 1 amide bonds. The smallest absolute Gasteiger partial charge is 0.325 e. The van der Waals surface area contributed by atoms with E-state index in [0.717, 1.165) is 0 Å². The standard InChI is InChI=1S/C25H21N5O5S/c1-3-21(31)28-18-8-6-5-7-17(18)22-23(32)26-25(36-4-2)27-29(22)24(28)20-14-13-19(35-20)15-9-11-16(12-10-15)30(33)34/h5-14,24H,3-4H2,1-2H3/p+1/t24-/m0/s1. The maximum atomic E-state index is 13.3. The second kappa shape index (κ2) is 9.42. The maximum absolute atomic E-state index is 13.3. The van der Waals surface area contributed by atoms with Gasteiger partial charge in [0.25, 0.3) is 5.69 Å². The Morgan fingerprint density at radius 3 is 2.61 bits per heavy atom. The Balaban J connectivity index is 1.70. The van der Waals surface area contributed by atoms with Crippen molar-refractivity contribution in [2.24, 2.45) is 0 Å². The van der Waals surface area contributed by atoms with E-state index in [0.29, 0.717) is 44.9 Å². The lowest BCUT2D eigenvalue weighted by Crippen LogP contribution is -2.60. The Kier molecular flexibility index (Phi) is 6.15. The first-order valence-corrected chi connectivity index (χ1v) is 12.4. The Labute approximate surface area is 209 Å². The molecule has 0 unspecified atom stereocenters. The first-order valence-electron chi connectivity index (χ1n) is 11.4. The molecule has 1 aliphatic heterocycles. The number of nitro benzene ring substituents is 1. The summed E-state index contributed by atoms with van der Waals surface area (Å²) < 4.78 is 7.75. The number of thioether (sulfide) groups is 1. The molecule has 2 aromatic carbocycles. The van der Waals surface area contributed by atoms with Crippen molar-refractivity contribution in [1.82, 2.24) is 10.1 Å². The lowest BCUT2D eigenvalue weighted by atomic mass is 10.0. The van der Waals surface area contributed by atoms with Gasteiger partial charge in [-0.1, -0.05) is 37.7 Å². The van der Waals surface area contributed by atoms with Gasteiger partial charge in [0.2, 0.25) is 11.1 Å². The fraction of sp³-hybridized carbons (Fsp3) is 0.200.